The molecule has 0 rings (SSSR count). The van der Waals surface area contributed by atoms with Crippen LogP contribution in [0.4, 0.5) is 0 Å². The minimum Gasteiger partial charge on any atom is -0.413 e. The van der Waals surface area contributed by atoms with Crippen LogP contribution in [0.1, 0.15) is 6.92 Å². The maximum atomic E-state index is 11.6. The van der Waals surface area contributed by atoms with Crippen LogP contribution in [0.2, 0.25) is 0 Å². The third kappa shape index (κ3) is 4.03. The Morgan fingerprint density at radius 2 is 1.53 bits per heavy atom. The monoisotopic (exact) mass is 343 g/mol. The van der Waals surface area contributed by atoms with Crippen molar-refractivity contribution in [2.24, 2.45) is 0 Å². The van der Waals surface area contributed by atoms with Crippen molar-refractivity contribution in [1.82, 2.24) is 0 Å². The summed E-state index contributed by atoms with van der Waals surface area (Å²) in [6.07, 6.45) is 0. The summed E-state index contributed by atoms with van der Waals surface area (Å²) in [5.74, 6) is -4.97. The second-order valence-electron chi connectivity index (χ2n) is 3.18. The topological polar surface area (TPSA) is 72.5 Å². The number of hydrogen-bond donors (Lipinski definition) is 0. The van der Waals surface area contributed by atoms with E-state index in [4.69, 9.17) is 26.9 Å². The molecule has 12 heteroatoms. The molecule has 0 saturated heterocycles. The van der Waals surface area contributed by atoms with Crippen LogP contribution in [0, 0.1) is 0 Å². The number of carbonyl (C=O) groups is 1. The molecule has 0 fully saturated rings. The Labute approximate surface area is 128 Å². The lowest BCUT2D eigenvalue weighted by Crippen LogP contribution is -2.64. The summed E-state index contributed by atoms with van der Waals surface area (Å²) >= 11 is 0. The van der Waals surface area contributed by atoms with Gasteiger partial charge < -0.3 is 26.9 Å². The molecule has 0 atom stereocenters. The summed E-state index contributed by atoms with van der Waals surface area (Å²) in [6, 6.07) is 0. The molecule has 0 aromatic heterocycles. The van der Waals surface area contributed by atoms with Gasteiger partial charge in [0, 0.05) is 5.57 Å². The highest BCUT2D eigenvalue weighted by atomic mass is 28.2. The first kappa shape index (κ1) is 19.1. The first-order valence-corrected chi connectivity index (χ1v) is 6.49. The summed E-state index contributed by atoms with van der Waals surface area (Å²) in [6.45, 7) is 4.52. The molecule has 0 aliphatic heterocycles. The fourth-order valence-corrected chi connectivity index (χ4v) is 2.18. The van der Waals surface area contributed by atoms with Crippen LogP contribution >= 0.6 is 0 Å². The predicted molar refractivity (Wildman–Crippen MR) is 65.4 cm³/mol. The van der Waals surface area contributed by atoms with Gasteiger partial charge in [-0.15, -0.1) is 0 Å². The lowest BCUT2D eigenvalue weighted by molar-refractivity contribution is -0.405. The minimum atomic E-state index is -2.23. The minimum absolute atomic E-state index is 0.0907. The number of esters is 1. The van der Waals surface area contributed by atoms with Gasteiger partial charge in [-0.3, -0.25) is 0 Å². The maximum absolute atomic E-state index is 11.6. The molecule has 0 spiro atoms. The van der Waals surface area contributed by atoms with Crippen molar-refractivity contribution in [2.45, 2.75) is 18.7 Å². The lowest BCUT2D eigenvalue weighted by Gasteiger charge is -2.44. The van der Waals surface area contributed by atoms with E-state index in [1.54, 1.807) is 0 Å². The van der Waals surface area contributed by atoms with Crippen molar-refractivity contribution in [3.05, 3.63) is 12.2 Å². The SMILES string of the molecule is C=C(C)C(=O)OC(O[Si])(O[Si])C(CO[Si])(O[Si])O[Si]. The molecule has 0 unspecified atom stereocenters. The van der Waals surface area contributed by atoms with Crippen LogP contribution in [0.3, 0.4) is 0 Å². The fraction of sp³-hybridized carbons (Fsp3) is 0.571. The van der Waals surface area contributed by atoms with E-state index in [-0.39, 0.29) is 12.2 Å². The third-order valence-electron chi connectivity index (χ3n) is 1.90. The first-order chi connectivity index (χ1) is 8.88. The van der Waals surface area contributed by atoms with Gasteiger partial charge >= 0.3 is 11.9 Å². The van der Waals surface area contributed by atoms with Crippen molar-refractivity contribution in [3.8, 4) is 0 Å². The molecule has 0 amide bonds. The van der Waals surface area contributed by atoms with E-state index < -0.39 is 17.7 Å². The number of carbonyl (C=O) groups excluding carboxylic acids is 1. The number of hydrogen-bond acceptors (Lipinski definition) is 7. The zero-order valence-electron chi connectivity index (χ0n) is 9.77. The van der Waals surface area contributed by atoms with Crippen molar-refractivity contribution >= 4 is 58.4 Å². The Balaban J connectivity index is 5.55. The molecule has 0 bridgehead atoms. The van der Waals surface area contributed by atoms with Gasteiger partial charge in [0.25, 0.3) is 47.7 Å². The average Bonchev–Trinajstić information content (AvgIpc) is 2.42. The van der Waals surface area contributed by atoms with Crippen molar-refractivity contribution in [2.75, 3.05) is 6.61 Å². The van der Waals surface area contributed by atoms with Gasteiger partial charge in [0.2, 0.25) is 10.5 Å². The molecule has 15 radical (unpaired) electrons. The average molecular weight is 344 g/mol. The van der Waals surface area contributed by atoms with Gasteiger partial charge in [-0.05, 0) is 6.92 Å². The van der Waals surface area contributed by atoms with Crippen molar-refractivity contribution in [1.29, 1.82) is 0 Å². The smallest absolute Gasteiger partial charge is 0.367 e. The second-order valence-corrected chi connectivity index (χ2v) is 4.28. The third-order valence-corrected chi connectivity index (χ3v) is 3.24. The lowest BCUT2D eigenvalue weighted by atomic mass is 10.2. The zero-order valence-corrected chi connectivity index (χ0v) is 14.8. The molecule has 0 aromatic rings. The predicted octanol–water partition coefficient (Wildman–Crippen LogP) is -2.04. The Bertz CT molecular complexity index is 317. The molecule has 0 aromatic carbocycles. The zero-order chi connectivity index (χ0) is 15.1. The number of rotatable bonds is 9. The van der Waals surface area contributed by atoms with E-state index in [0.29, 0.717) is 0 Å². The molecule has 97 valence electrons. The highest BCUT2D eigenvalue weighted by Crippen LogP contribution is 2.32. The summed E-state index contributed by atoms with van der Waals surface area (Å²) in [4.78, 5) is 11.6. The van der Waals surface area contributed by atoms with Gasteiger partial charge in [-0.2, -0.15) is 0 Å². The second kappa shape index (κ2) is 8.40. The summed E-state index contributed by atoms with van der Waals surface area (Å²) < 4.78 is 29.2. The van der Waals surface area contributed by atoms with E-state index >= 15 is 0 Å². The van der Waals surface area contributed by atoms with E-state index in [9.17, 15) is 4.79 Å². The van der Waals surface area contributed by atoms with E-state index in [1.165, 1.54) is 6.92 Å². The van der Waals surface area contributed by atoms with Crippen LogP contribution in [0.5, 0.6) is 0 Å². The molecule has 7 nitrogen and oxygen atoms in total. The molecule has 0 N–H and O–H groups in total. The Hall–Kier alpha value is 0.0944. The van der Waals surface area contributed by atoms with Crippen LogP contribution < -0.4 is 0 Å². The van der Waals surface area contributed by atoms with Crippen molar-refractivity contribution in [3.63, 3.8) is 0 Å². The van der Waals surface area contributed by atoms with E-state index in [0.717, 1.165) is 0 Å². The van der Waals surface area contributed by atoms with Gasteiger partial charge in [0.15, 0.2) is 0 Å². The maximum Gasteiger partial charge on any atom is 0.367 e. The molecule has 0 heterocycles. The summed E-state index contributed by atoms with van der Waals surface area (Å²) in [7, 11) is 13.7. The Morgan fingerprint density at radius 3 is 1.79 bits per heavy atom. The quantitative estimate of drug-likeness (QED) is 0.207. The highest BCUT2D eigenvalue weighted by Gasteiger charge is 2.58. The van der Waals surface area contributed by atoms with Crippen LogP contribution in [0.25, 0.3) is 0 Å². The summed E-state index contributed by atoms with van der Waals surface area (Å²) in [5.41, 5.74) is 0.0907. The van der Waals surface area contributed by atoms with Crippen LogP contribution in [-0.4, -0.2) is 76.8 Å². The van der Waals surface area contributed by atoms with Crippen molar-refractivity contribution < 1.29 is 31.7 Å². The molecule has 0 aliphatic carbocycles. The van der Waals surface area contributed by atoms with Gasteiger partial charge in [-0.25, -0.2) is 4.79 Å². The van der Waals surface area contributed by atoms with Gasteiger partial charge in [0.05, 0.1) is 6.61 Å². The van der Waals surface area contributed by atoms with Crippen LogP contribution in [0.15, 0.2) is 12.2 Å². The molecular formula is C7H7O7Si5. The molecule has 0 saturated carbocycles. The Morgan fingerprint density at radius 1 is 1.05 bits per heavy atom. The van der Waals surface area contributed by atoms with E-state index in [1.807, 2.05) is 0 Å². The standard InChI is InChI=1S/C7H7O7Si5/c1-4(2)5(8)10-7(13-18,14-19)6(11-16,12-17)3-9-15/h1,3H2,2H3. The van der Waals surface area contributed by atoms with Gasteiger partial charge in [0.1, 0.15) is 0 Å². The largest absolute Gasteiger partial charge is 0.413 e. The molecule has 19 heavy (non-hydrogen) atoms. The normalized spacial score (nSPS) is 12.3. The molecular weight excluding hydrogens is 336 g/mol. The molecule has 0 aliphatic rings. The van der Waals surface area contributed by atoms with Crippen LogP contribution in [-0.2, 0) is 31.7 Å². The van der Waals surface area contributed by atoms with Gasteiger partial charge in [-0.1, -0.05) is 6.58 Å². The highest BCUT2D eigenvalue weighted by molar-refractivity contribution is 6.02. The number of ether oxygens (including phenoxy) is 1. The first-order valence-electron chi connectivity index (χ1n) is 4.45. The summed E-state index contributed by atoms with van der Waals surface area (Å²) in [5, 5.41) is 0. The Kier molecular flexibility index (Phi) is 8.44. The van der Waals surface area contributed by atoms with E-state index in [2.05, 4.69) is 59.0 Å². The fourth-order valence-electron chi connectivity index (χ4n) is 0.893.